The predicted molar refractivity (Wildman–Crippen MR) is 113 cm³/mol. The molecule has 0 aliphatic rings. The average Bonchev–Trinajstić information content (AvgIpc) is 3.18. The van der Waals surface area contributed by atoms with Crippen LogP contribution in [0.3, 0.4) is 0 Å². The first kappa shape index (κ1) is 19.3. The summed E-state index contributed by atoms with van der Waals surface area (Å²) in [6, 6.07) is 19.2. The van der Waals surface area contributed by atoms with E-state index >= 15 is 0 Å². The van der Waals surface area contributed by atoms with Gasteiger partial charge in [-0.1, -0.05) is 42.5 Å². The second-order valence-corrected chi connectivity index (χ2v) is 6.70. The van der Waals surface area contributed by atoms with Crippen LogP contribution < -0.4 is 10.2 Å². The van der Waals surface area contributed by atoms with Crippen molar-refractivity contribution in [2.24, 2.45) is 5.10 Å². The highest BCUT2D eigenvalue weighted by molar-refractivity contribution is 5.92. The van der Waals surface area contributed by atoms with Crippen LogP contribution in [0.4, 0.5) is 0 Å². The Morgan fingerprint density at radius 1 is 1.10 bits per heavy atom. The van der Waals surface area contributed by atoms with Gasteiger partial charge in [0.15, 0.2) is 0 Å². The fourth-order valence-corrected chi connectivity index (χ4v) is 2.93. The molecule has 0 saturated carbocycles. The molecule has 1 N–H and O–H groups in total. The van der Waals surface area contributed by atoms with E-state index in [1.165, 1.54) is 10.7 Å². The molecule has 4 rings (SSSR count). The number of amides is 1. The van der Waals surface area contributed by atoms with E-state index in [-0.39, 0.29) is 5.82 Å². The summed E-state index contributed by atoms with van der Waals surface area (Å²) in [4.78, 5) is 20.8. The van der Waals surface area contributed by atoms with Crippen LogP contribution in [0.5, 0.6) is 5.75 Å². The molecule has 8 nitrogen and oxygen atoms in total. The molecule has 30 heavy (non-hydrogen) atoms. The van der Waals surface area contributed by atoms with E-state index in [1.54, 1.807) is 0 Å². The zero-order valence-corrected chi connectivity index (χ0v) is 16.6. The minimum atomic E-state index is -0.517. The zero-order valence-electron chi connectivity index (χ0n) is 16.6. The van der Waals surface area contributed by atoms with Gasteiger partial charge in [-0.15, -0.1) is 5.10 Å². The molecule has 0 unspecified atom stereocenters. The second kappa shape index (κ2) is 8.52. The summed E-state index contributed by atoms with van der Waals surface area (Å²) in [6.45, 7) is 4.18. The number of hydrogen-bond donors (Lipinski definition) is 1. The van der Waals surface area contributed by atoms with Gasteiger partial charge >= 0.3 is 5.91 Å². The highest BCUT2D eigenvalue weighted by Crippen LogP contribution is 2.17. The van der Waals surface area contributed by atoms with E-state index in [0.717, 1.165) is 22.5 Å². The van der Waals surface area contributed by atoms with E-state index in [2.05, 4.69) is 25.6 Å². The topological polar surface area (TPSA) is 93.8 Å². The van der Waals surface area contributed by atoms with Gasteiger partial charge in [-0.05, 0) is 37.6 Å². The maximum atomic E-state index is 12.4. The van der Waals surface area contributed by atoms with Crippen molar-refractivity contribution in [2.45, 2.75) is 20.5 Å². The lowest BCUT2D eigenvalue weighted by Crippen LogP contribution is -2.19. The van der Waals surface area contributed by atoms with Crippen molar-refractivity contribution in [3.8, 4) is 5.75 Å². The molecule has 0 aliphatic carbocycles. The number of fused-ring (bicyclic) bond motifs is 1. The third-order valence-corrected chi connectivity index (χ3v) is 4.35. The number of hydrogen-bond acceptors (Lipinski definition) is 6. The van der Waals surface area contributed by atoms with E-state index in [1.807, 2.05) is 74.5 Å². The maximum Gasteiger partial charge on any atom is 0.311 e. The van der Waals surface area contributed by atoms with Crippen molar-refractivity contribution in [3.05, 3.63) is 89.0 Å². The van der Waals surface area contributed by atoms with Crippen molar-refractivity contribution in [1.82, 2.24) is 25.0 Å². The van der Waals surface area contributed by atoms with Gasteiger partial charge in [0.2, 0.25) is 5.82 Å². The van der Waals surface area contributed by atoms with Crippen LogP contribution in [0, 0.1) is 13.8 Å². The Morgan fingerprint density at radius 3 is 2.70 bits per heavy atom. The van der Waals surface area contributed by atoms with Gasteiger partial charge < -0.3 is 4.74 Å². The largest absolute Gasteiger partial charge is 0.488 e. The number of nitrogens with zero attached hydrogens (tertiary/aromatic N) is 5. The summed E-state index contributed by atoms with van der Waals surface area (Å²) in [5.74, 6) is 0.528. The minimum Gasteiger partial charge on any atom is -0.488 e. The number of ether oxygens (including phenoxy) is 1. The lowest BCUT2D eigenvalue weighted by atomic mass is 10.2. The summed E-state index contributed by atoms with van der Waals surface area (Å²) >= 11 is 0. The van der Waals surface area contributed by atoms with E-state index in [4.69, 9.17) is 4.74 Å². The zero-order chi connectivity index (χ0) is 20.9. The van der Waals surface area contributed by atoms with Crippen molar-refractivity contribution < 1.29 is 9.53 Å². The number of benzene rings is 2. The van der Waals surface area contributed by atoms with Crippen LogP contribution in [0.25, 0.3) is 5.78 Å². The molecule has 0 fully saturated rings. The number of nitrogens with one attached hydrogen (secondary N) is 1. The van der Waals surface area contributed by atoms with Crippen molar-refractivity contribution in [1.29, 1.82) is 0 Å². The van der Waals surface area contributed by atoms with Gasteiger partial charge in [0.25, 0.3) is 5.78 Å². The summed E-state index contributed by atoms with van der Waals surface area (Å²) in [5.41, 5.74) is 5.91. The van der Waals surface area contributed by atoms with Crippen molar-refractivity contribution in [3.63, 3.8) is 0 Å². The monoisotopic (exact) mass is 400 g/mol. The Morgan fingerprint density at radius 2 is 1.87 bits per heavy atom. The van der Waals surface area contributed by atoms with Crippen LogP contribution >= 0.6 is 0 Å². The van der Waals surface area contributed by atoms with Gasteiger partial charge in [0, 0.05) is 17.0 Å². The Kier molecular flexibility index (Phi) is 5.47. The molecule has 2 heterocycles. The molecule has 1 amide bonds. The molecule has 2 aromatic carbocycles. The van der Waals surface area contributed by atoms with Gasteiger partial charge in [0.1, 0.15) is 12.4 Å². The lowest BCUT2D eigenvalue weighted by molar-refractivity contribution is 0.0945. The van der Waals surface area contributed by atoms with E-state index < -0.39 is 5.91 Å². The molecule has 0 radical (unpaired) electrons. The van der Waals surface area contributed by atoms with Crippen molar-refractivity contribution in [2.75, 3.05) is 0 Å². The Balaban J connectivity index is 1.44. The Bertz CT molecular complexity index is 1220. The molecule has 0 atom stereocenters. The summed E-state index contributed by atoms with van der Waals surface area (Å²) < 4.78 is 7.42. The van der Waals surface area contributed by atoms with Crippen molar-refractivity contribution >= 4 is 17.9 Å². The molecular weight excluding hydrogens is 380 g/mol. The minimum absolute atomic E-state index is 0.00182. The molecule has 0 saturated heterocycles. The van der Waals surface area contributed by atoms with Gasteiger partial charge in [-0.3, -0.25) is 4.79 Å². The molecule has 150 valence electrons. The fraction of sp³-hybridized carbons (Fsp3) is 0.136. The van der Waals surface area contributed by atoms with Crippen LogP contribution in [0.2, 0.25) is 0 Å². The number of para-hydroxylation sites is 1. The van der Waals surface area contributed by atoms with Gasteiger partial charge in [-0.25, -0.2) is 14.9 Å². The smallest absolute Gasteiger partial charge is 0.311 e. The number of hydrazone groups is 1. The first-order valence-electron chi connectivity index (χ1n) is 9.40. The highest BCUT2D eigenvalue weighted by atomic mass is 16.5. The molecule has 4 aromatic rings. The molecule has 0 spiro atoms. The summed E-state index contributed by atoms with van der Waals surface area (Å²) in [5, 5.41) is 8.22. The number of aromatic nitrogens is 4. The third kappa shape index (κ3) is 4.33. The summed E-state index contributed by atoms with van der Waals surface area (Å²) in [7, 11) is 0. The van der Waals surface area contributed by atoms with E-state index in [0.29, 0.717) is 18.1 Å². The van der Waals surface area contributed by atoms with Gasteiger partial charge in [-0.2, -0.15) is 10.1 Å². The van der Waals surface area contributed by atoms with Crippen LogP contribution in [-0.2, 0) is 6.61 Å². The molecular formula is C22H20N6O2. The van der Waals surface area contributed by atoms with Crippen LogP contribution in [0.15, 0.2) is 65.8 Å². The SMILES string of the molecule is Cc1cc(C)n2nc(C(=O)N/N=C\c3ccccc3OCc3ccccc3)nc2n1. The number of aryl methyl sites for hydroxylation is 2. The van der Waals surface area contributed by atoms with Gasteiger partial charge in [0.05, 0.1) is 6.21 Å². The molecule has 2 aromatic heterocycles. The standard InChI is InChI=1S/C22H20N6O2/c1-15-12-16(2)28-22(24-15)25-20(27-28)21(29)26-23-13-18-10-6-7-11-19(18)30-14-17-8-4-3-5-9-17/h3-13H,14H2,1-2H3,(H,26,29)/b23-13-. The average molecular weight is 400 g/mol. The highest BCUT2D eigenvalue weighted by Gasteiger charge is 2.14. The van der Waals surface area contributed by atoms with Crippen LogP contribution in [0.1, 0.15) is 33.1 Å². The first-order chi connectivity index (χ1) is 14.6. The molecule has 0 bridgehead atoms. The predicted octanol–water partition coefficient (Wildman–Crippen LogP) is 3.08. The quantitative estimate of drug-likeness (QED) is 0.397. The Labute approximate surface area is 173 Å². The number of carbonyl (C=O) groups excluding carboxylic acids is 1. The number of carbonyl (C=O) groups is 1. The van der Waals surface area contributed by atoms with Crippen LogP contribution in [-0.4, -0.2) is 31.7 Å². The number of rotatable bonds is 6. The third-order valence-electron chi connectivity index (χ3n) is 4.35. The maximum absolute atomic E-state index is 12.4. The first-order valence-corrected chi connectivity index (χ1v) is 9.40. The fourth-order valence-electron chi connectivity index (χ4n) is 2.93. The normalized spacial score (nSPS) is 11.1. The second-order valence-electron chi connectivity index (χ2n) is 6.70. The molecule has 0 aliphatic heterocycles. The summed E-state index contributed by atoms with van der Waals surface area (Å²) in [6.07, 6.45) is 1.53. The van der Waals surface area contributed by atoms with E-state index in [9.17, 15) is 4.79 Å². The lowest BCUT2D eigenvalue weighted by Gasteiger charge is -2.08. The molecule has 8 heteroatoms. The Hall–Kier alpha value is -4.07.